The first kappa shape index (κ1) is 24.5. The fourth-order valence-electron chi connectivity index (χ4n) is 4.87. The molecule has 9 heteroatoms. The van der Waals surface area contributed by atoms with Crippen molar-refractivity contribution in [2.24, 2.45) is 0 Å². The third-order valence-corrected chi connectivity index (χ3v) is 7.06. The van der Waals surface area contributed by atoms with E-state index in [1.165, 1.54) is 0 Å². The second kappa shape index (κ2) is 9.71. The molecular formula is C28H23ClN2O6. The van der Waals surface area contributed by atoms with E-state index in [0.717, 1.165) is 10.5 Å². The standard InChI is InChI=1S/C28H23ClN2O6/c1-16-22(14-25(32)37-15-30-27(34)20-5-3-4-6-21(20)28(30)35)23-13-19(36-2)11-12-24(23)31(16)26(33)17-7-9-18(29)10-8-17/h3-13,16,22H,14-15H2,1-2H3. The Balaban J connectivity index is 1.34. The van der Waals surface area contributed by atoms with Crippen molar-refractivity contribution < 1.29 is 28.7 Å². The van der Waals surface area contributed by atoms with E-state index in [0.29, 0.717) is 22.0 Å². The molecule has 2 aliphatic heterocycles. The summed E-state index contributed by atoms with van der Waals surface area (Å²) in [6, 6.07) is 18.1. The fraction of sp³-hybridized carbons (Fsp3) is 0.214. The number of ether oxygens (including phenoxy) is 2. The number of carbonyl (C=O) groups is 4. The molecule has 3 aromatic rings. The fourth-order valence-corrected chi connectivity index (χ4v) is 5.00. The Labute approximate surface area is 218 Å². The molecule has 3 amide bonds. The number of benzene rings is 3. The maximum Gasteiger partial charge on any atom is 0.308 e. The Hall–Kier alpha value is -4.17. The van der Waals surface area contributed by atoms with Crippen LogP contribution in [0.15, 0.2) is 66.7 Å². The van der Waals surface area contributed by atoms with Crippen molar-refractivity contribution in [1.29, 1.82) is 0 Å². The SMILES string of the molecule is COc1ccc2c(c1)C(CC(=O)OCN1C(=O)c3ccccc3C1=O)C(C)N2C(=O)c1ccc(Cl)cc1. The van der Waals surface area contributed by atoms with Gasteiger partial charge in [-0.05, 0) is 67.1 Å². The largest absolute Gasteiger partial charge is 0.497 e. The lowest BCUT2D eigenvalue weighted by molar-refractivity contribution is -0.146. The lowest BCUT2D eigenvalue weighted by Gasteiger charge is -2.25. The number of nitrogens with zero attached hydrogens (tertiary/aromatic N) is 2. The maximum atomic E-state index is 13.5. The van der Waals surface area contributed by atoms with Crippen LogP contribution in [-0.2, 0) is 9.53 Å². The molecule has 2 atom stereocenters. The zero-order valence-corrected chi connectivity index (χ0v) is 20.9. The minimum atomic E-state index is -0.594. The van der Waals surface area contributed by atoms with Crippen molar-refractivity contribution in [3.63, 3.8) is 0 Å². The number of rotatable bonds is 6. The highest BCUT2D eigenvalue weighted by atomic mass is 35.5. The summed E-state index contributed by atoms with van der Waals surface area (Å²) in [5.74, 6) is -1.62. The highest BCUT2D eigenvalue weighted by Gasteiger charge is 2.41. The molecule has 0 saturated heterocycles. The monoisotopic (exact) mass is 518 g/mol. The van der Waals surface area contributed by atoms with Gasteiger partial charge in [0.05, 0.1) is 24.7 Å². The Morgan fingerprint density at radius 3 is 2.22 bits per heavy atom. The number of fused-ring (bicyclic) bond motifs is 2. The van der Waals surface area contributed by atoms with E-state index in [1.807, 2.05) is 13.0 Å². The summed E-state index contributed by atoms with van der Waals surface area (Å²) < 4.78 is 10.7. The highest BCUT2D eigenvalue weighted by molar-refractivity contribution is 6.30. The van der Waals surface area contributed by atoms with Crippen LogP contribution in [0.3, 0.4) is 0 Å². The summed E-state index contributed by atoms with van der Waals surface area (Å²) in [6.07, 6.45) is -0.0606. The smallest absolute Gasteiger partial charge is 0.308 e. The normalized spacial score (nSPS) is 18.0. The Kier molecular flexibility index (Phi) is 6.43. The van der Waals surface area contributed by atoms with Crippen LogP contribution < -0.4 is 9.64 Å². The maximum absolute atomic E-state index is 13.5. The van der Waals surface area contributed by atoms with Crippen molar-refractivity contribution in [3.8, 4) is 5.75 Å². The molecule has 0 saturated carbocycles. The van der Waals surface area contributed by atoms with Crippen LogP contribution in [-0.4, -0.2) is 48.5 Å². The summed E-state index contributed by atoms with van der Waals surface area (Å²) in [6.45, 7) is 1.38. The number of halogens is 1. The van der Waals surface area contributed by atoms with Gasteiger partial charge in [0.15, 0.2) is 6.73 Å². The van der Waals surface area contributed by atoms with Gasteiger partial charge in [-0.2, -0.15) is 0 Å². The first-order chi connectivity index (χ1) is 17.8. The summed E-state index contributed by atoms with van der Waals surface area (Å²) in [5.41, 5.74) is 2.47. The van der Waals surface area contributed by atoms with Gasteiger partial charge in [0, 0.05) is 28.2 Å². The first-order valence-corrected chi connectivity index (χ1v) is 12.1. The van der Waals surface area contributed by atoms with Gasteiger partial charge < -0.3 is 14.4 Å². The van der Waals surface area contributed by atoms with Crippen LogP contribution >= 0.6 is 11.6 Å². The van der Waals surface area contributed by atoms with Gasteiger partial charge in [-0.1, -0.05) is 23.7 Å². The average Bonchev–Trinajstić information content (AvgIpc) is 3.32. The first-order valence-electron chi connectivity index (χ1n) is 11.7. The van der Waals surface area contributed by atoms with Crippen LogP contribution in [0.1, 0.15) is 55.9 Å². The van der Waals surface area contributed by atoms with E-state index in [4.69, 9.17) is 21.1 Å². The van der Waals surface area contributed by atoms with Gasteiger partial charge >= 0.3 is 5.97 Å². The Morgan fingerprint density at radius 2 is 1.59 bits per heavy atom. The third-order valence-electron chi connectivity index (χ3n) is 6.81. The predicted octanol–water partition coefficient (Wildman–Crippen LogP) is 4.67. The lowest BCUT2D eigenvalue weighted by Crippen LogP contribution is -2.38. The molecule has 0 aromatic heterocycles. The van der Waals surface area contributed by atoms with E-state index < -0.39 is 30.4 Å². The van der Waals surface area contributed by atoms with Gasteiger partial charge in [0.2, 0.25) is 0 Å². The van der Waals surface area contributed by atoms with Crippen molar-refractivity contribution >= 4 is 41.0 Å². The number of carbonyl (C=O) groups excluding carboxylic acids is 4. The zero-order chi connectivity index (χ0) is 26.3. The highest BCUT2D eigenvalue weighted by Crippen LogP contribution is 2.45. The molecule has 2 aliphatic rings. The number of esters is 1. The number of anilines is 1. The Bertz CT molecular complexity index is 1390. The number of imide groups is 1. The van der Waals surface area contributed by atoms with E-state index in [2.05, 4.69) is 0 Å². The zero-order valence-electron chi connectivity index (χ0n) is 20.1. The number of methoxy groups -OCH3 is 1. The van der Waals surface area contributed by atoms with Gasteiger partial charge in [-0.3, -0.25) is 19.2 Å². The summed E-state index contributed by atoms with van der Waals surface area (Å²) in [4.78, 5) is 54.1. The molecule has 2 unspecified atom stereocenters. The Morgan fingerprint density at radius 1 is 0.946 bits per heavy atom. The predicted molar refractivity (Wildman–Crippen MR) is 136 cm³/mol. The van der Waals surface area contributed by atoms with Crippen LogP contribution in [0, 0.1) is 0 Å². The summed E-state index contributed by atoms with van der Waals surface area (Å²) in [5, 5.41) is 0.523. The van der Waals surface area contributed by atoms with Gasteiger partial charge in [-0.25, -0.2) is 4.90 Å². The third kappa shape index (κ3) is 4.34. The van der Waals surface area contributed by atoms with Gasteiger partial charge in [-0.15, -0.1) is 0 Å². The molecule has 188 valence electrons. The van der Waals surface area contributed by atoms with Crippen LogP contribution in [0.25, 0.3) is 0 Å². The van der Waals surface area contributed by atoms with Crippen molar-refractivity contribution in [1.82, 2.24) is 4.90 Å². The molecule has 3 aromatic carbocycles. The molecule has 0 spiro atoms. The second-order valence-corrected chi connectivity index (χ2v) is 9.32. The number of amides is 3. The molecule has 8 nitrogen and oxygen atoms in total. The topological polar surface area (TPSA) is 93.2 Å². The van der Waals surface area contributed by atoms with E-state index >= 15 is 0 Å². The van der Waals surface area contributed by atoms with Gasteiger partial charge in [0.1, 0.15) is 5.75 Å². The minimum Gasteiger partial charge on any atom is -0.497 e. The van der Waals surface area contributed by atoms with Crippen molar-refractivity contribution in [2.45, 2.75) is 25.3 Å². The molecule has 0 N–H and O–H groups in total. The molecule has 37 heavy (non-hydrogen) atoms. The van der Waals surface area contributed by atoms with Crippen LogP contribution in [0.5, 0.6) is 5.75 Å². The minimum absolute atomic E-state index is 0.0606. The molecular weight excluding hydrogens is 496 g/mol. The molecule has 0 radical (unpaired) electrons. The molecule has 0 bridgehead atoms. The molecule has 0 fully saturated rings. The van der Waals surface area contributed by atoms with Crippen LogP contribution in [0.4, 0.5) is 5.69 Å². The quantitative estimate of drug-likeness (QED) is 0.348. The van der Waals surface area contributed by atoms with Gasteiger partial charge in [0.25, 0.3) is 17.7 Å². The van der Waals surface area contributed by atoms with E-state index in [9.17, 15) is 19.2 Å². The molecule has 5 rings (SSSR count). The summed E-state index contributed by atoms with van der Waals surface area (Å²) in [7, 11) is 1.54. The second-order valence-electron chi connectivity index (χ2n) is 8.89. The average molecular weight is 519 g/mol. The van der Waals surface area contributed by atoms with Crippen molar-refractivity contribution in [2.75, 3.05) is 18.7 Å². The lowest BCUT2D eigenvalue weighted by atomic mass is 9.92. The molecule has 0 aliphatic carbocycles. The number of hydrogen-bond donors (Lipinski definition) is 0. The van der Waals surface area contributed by atoms with Crippen molar-refractivity contribution in [3.05, 3.63) is 94.0 Å². The number of hydrogen-bond acceptors (Lipinski definition) is 6. The van der Waals surface area contributed by atoms with E-state index in [1.54, 1.807) is 72.7 Å². The summed E-state index contributed by atoms with van der Waals surface area (Å²) >= 11 is 5.99. The van der Waals surface area contributed by atoms with Crippen LogP contribution in [0.2, 0.25) is 5.02 Å². The molecule has 2 heterocycles. The van der Waals surface area contributed by atoms with E-state index in [-0.39, 0.29) is 29.5 Å².